The number of hydrogen-bond acceptors (Lipinski definition) is 3. The second-order valence-electron chi connectivity index (χ2n) is 5.19. The van der Waals surface area contributed by atoms with Gasteiger partial charge in [-0.3, -0.25) is 9.69 Å². The molecule has 0 aliphatic carbocycles. The Hall–Kier alpha value is -1.45. The van der Waals surface area contributed by atoms with E-state index in [1.54, 1.807) is 6.92 Å². The van der Waals surface area contributed by atoms with Crippen LogP contribution in [0.15, 0.2) is 43.0 Å². The quantitative estimate of drug-likeness (QED) is 0.822. The van der Waals surface area contributed by atoms with Crippen molar-refractivity contribution in [3.8, 4) is 0 Å². The van der Waals surface area contributed by atoms with Crippen LogP contribution in [0, 0.1) is 5.92 Å². The lowest BCUT2D eigenvalue weighted by molar-refractivity contribution is -0.121. The summed E-state index contributed by atoms with van der Waals surface area (Å²) in [6, 6.07) is 10.1. The van der Waals surface area contributed by atoms with Crippen molar-refractivity contribution < 1.29 is 9.90 Å². The smallest absolute Gasteiger partial charge is 0.146 e. The number of carbonyl (C=O) groups is 1. The van der Waals surface area contributed by atoms with Crippen LogP contribution < -0.4 is 0 Å². The van der Waals surface area contributed by atoms with Crippen molar-refractivity contribution in [3.63, 3.8) is 0 Å². The predicted molar refractivity (Wildman–Crippen MR) is 75.6 cm³/mol. The van der Waals surface area contributed by atoms with Crippen molar-refractivity contribution in [2.45, 2.75) is 32.0 Å². The van der Waals surface area contributed by atoms with Gasteiger partial charge in [0.2, 0.25) is 0 Å². The topological polar surface area (TPSA) is 40.5 Å². The minimum Gasteiger partial charge on any atom is -0.396 e. The maximum atomic E-state index is 11.8. The van der Waals surface area contributed by atoms with Gasteiger partial charge < -0.3 is 5.11 Å². The predicted octanol–water partition coefficient (Wildman–Crippen LogP) is 2.01. The summed E-state index contributed by atoms with van der Waals surface area (Å²) < 4.78 is 0. The summed E-state index contributed by atoms with van der Waals surface area (Å²) in [5.41, 5.74) is 1.18. The molecule has 102 valence electrons. The zero-order valence-electron chi connectivity index (χ0n) is 11.3. The van der Waals surface area contributed by atoms with Gasteiger partial charge >= 0.3 is 0 Å². The number of ketones is 1. The number of benzene rings is 1. The maximum absolute atomic E-state index is 11.8. The van der Waals surface area contributed by atoms with Gasteiger partial charge in [0.15, 0.2) is 0 Å². The van der Waals surface area contributed by atoms with Gasteiger partial charge in [-0.2, -0.15) is 0 Å². The highest BCUT2D eigenvalue weighted by molar-refractivity contribution is 5.82. The summed E-state index contributed by atoms with van der Waals surface area (Å²) in [5.74, 6) is 0.272. The molecule has 0 radical (unpaired) electrons. The number of nitrogens with zero attached hydrogens (tertiary/aromatic N) is 1. The van der Waals surface area contributed by atoms with E-state index in [0.29, 0.717) is 0 Å². The number of aliphatic hydroxyl groups excluding tert-OH is 1. The third-order valence-electron chi connectivity index (χ3n) is 3.95. The number of aliphatic hydroxyl groups is 1. The molecule has 1 fully saturated rings. The molecule has 0 aromatic heterocycles. The fourth-order valence-electron chi connectivity index (χ4n) is 2.96. The van der Waals surface area contributed by atoms with Crippen molar-refractivity contribution in [1.29, 1.82) is 0 Å². The molecule has 0 bridgehead atoms. The van der Waals surface area contributed by atoms with Crippen molar-refractivity contribution in [3.05, 3.63) is 48.6 Å². The van der Waals surface area contributed by atoms with Crippen LogP contribution in [0.3, 0.4) is 0 Å². The minimum atomic E-state index is -0.111. The number of hydrogen-bond donors (Lipinski definition) is 1. The molecular formula is C16H21NO2. The first-order valence-corrected chi connectivity index (χ1v) is 6.71. The average molecular weight is 259 g/mol. The molecule has 19 heavy (non-hydrogen) atoms. The van der Waals surface area contributed by atoms with E-state index in [9.17, 15) is 9.90 Å². The maximum Gasteiger partial charge on any atom is 0.146 e. The third kappa shape index (κ3) is 2.94. The van der Waals surface area contributed by atoms with Gasteiger partial charge in [0.05, 0.1) is 6.04 Å². The fraction of sp³-hybridized carbons (Fsp3) is 0.438. The van der Waals surface area contributed by atoms with Crippen LogP contribution >= 0.6 is 0 Å². The van der Waals surface area contributed by atoms with E-state index in [1.165, 1.54) is 5.56 Å². The van der Waals surface area contributed by atoms with Crippen LogP contribution in [-0.4, -0.2) is 34.5 Å². The van der Waals surface area contributed by atoms with Gasteiger partial charge in [-0.15, -0.1) is 6.58 Å². The normalized spacial score (nSPS) is 27.4. The number of likely N-dealkylation sites (tertiary alicyclic amines) is 1. The SMILES string of the molecule is C=CC1C(CO)CC(C(C)=O)N1Cc1ccccc1. The Bertz CT molecular complexity index is 441. The first-order chi connectivity index (χ1) is 9.17. The molecule has 3 nitrogen and oxygen atoms in total. The summed E-state index contributed by atoms with van der Waals surface area (Å²) in [5, 5.41) is 9.47. The second-order valence-corrected chi connectivity index (χ2v) is 5.19. The molecule has 0 spiro atoms. The van der Waals surface area contributed by atoms with Gasteiger partial charge in [0, 0.05) is 25.1 Å². The van der Waals surface area contributed by atoms with Crippen LogP contribution in [0.4, 0.5) is 0 Å². The van der Waals surface area contributed by atoms with E-state index in [1.807, 2.05) is 24.3 Å². The Morgan fingerprint density at radius 2 is 2.16 bits per heavy atom. The fourth-order valence-corrected chi connectivity index (χ4v) is 2.96. The number of rotatable bonds is 5. The van der Waals surface area contributed by atoms with E-state index in [2.05, 4.69) is 23.6 Å². The summed E-state index contributed by atoms with van der Waals surface area (Å²) in [7, 11) is 0. The Kier molecular flexibility index (Phi) is 4.51. The molecule has 2 rings (SSSR count). The number of carbonyl (C=O) groups excluding carboxylic acids is 1. The van der Waals surface area contributed by atoms with Crippen molar-refractivity contribution >= 4 is 5.78 Å². The molecular weight excluding hydrogens is 238 g/mol. The molecule has 1 aromatic carbocycles. The Labute approximate surface area is 114 Å². The van der Waals surface area contributed by atoms with Crippen molar-refractivity contribution in [2.75, 3.05) is 6.61 Å². The highest BCUT2D eigenvalue weighted by Crippen LogP contribution is 2.32. The highest BCUT2D eigenvalue weighted by Gasteiger charge is 2.40. The van der Waals surface area contributed by atoms with E-state index in [0.717, 1.165) is 13.0 Å². The molecule has 1 heterocycles. The van der Waals surface area contributed by atoms with Gasteiger partial charge in [-0.1, -0.05) is 36.4 Å². The summed E-state index contributed by atoms with van der Waals surface area (Å²) in [4.78, 5) is 14.0. The van der Waals surface area contributed by atoms with Crippen LogP contribution in [0.2, 0.25) is 0 Å². The zero-order chi connectivity index (χ0) is 13.8. The van der Waals surface area contributed by atoms with E-state index < -0.39 is 0 Å². The van der Waals surface area contributed by atoms with Crippen LogP contribution in [0.1, 0.15) is 18.9 Å². The minimum absolute atomic E-state index is 0.0686. The van der Waals surface area contributed by atoms with Gasteiger partial charge in [0.1, 0.15) is 5.78 Å². The molecule has 0 amide bonds. The third-order valence-corrected chi connectivity index (χ3v) is 3.95. The van der Waals surface area contributed by atoms with Crippen molar-refractivity contribution in [1.82, 2.24) is 4.90 Å². The lowest BCUT2D eigenvalue weighted by atomic mass is 9.99. The van der Waals surface area contributed by atoms with E-state index in [4.69, 9.17) is 0 Å². The van der Waals surface area contributed by atoms with Crippen LogP contribution in [0.5, 0.6) is 0 Å². The first kappa shape index (κ1) is 14.0. The molecule has 3 unspecified atom stereocenters. The lowest BCUT2D eigenvalue weighted by Gasteiger charge is -2.28. The second kappa shape index (κ2) is 6.13. The van der Waals surface area contributed by atoms with Crippen LogP contribution in [-0.2, 0) is 11.3 Å². The van der Waals surface area contributed by atoms with Gasteiger partial charge in [0.25, 0.3) is 0 Å². The van der Waals surface area contributed by atoms with Crippen LogP contribution in [0.25, 0.3) is 0 Å². The average Bonchev–Trinajstić information content (AvgIpc) is 2.77. The molecule has 1 aromatic rings. The molecule has 1 saturated heterocycles. The number of Topliss-reactive ketones (excluding diaryl/α,β-unsaturated/α-hetero) is 1. The van der Waals surface area contributed by atoms with Gasteiger partial charge in [-0.05, 0) is 18.9 Å². The largest absolute Gasteiger partial charge is 0.396 e. The highest BCUT2D eigenvalue weighted by atomic mass is 16.3. The molecule has 3 atom stereocenters. The standard InChI is InChI=1S/C16H21NO2/c1-3-15-14(11-18)9-16(12(2)19)17(15)10-13-7-5-4-6-8-13/h3-8,14-16,18H,1,9-11H2,2H3. The summed E-state index contributed by atoms with van der Waals surface area (Å²) in [6.45, 7) is 6.31. The summed E-state index contributed by atoms with van der Waals surface area (Å²) in [6.07, 6.45) is 2.57. The Balaban J connectivity index is 2.22. The molecule has 1 aliphatic rings. The molecule has 1 aliphatic heterocycles. The molecule has 1 N–H and O–H groups in total. The van der Waals surface area contributed by atoms with E-state index in [-0.39, 0.29) is 30.4 Å². The van der Waals surface area contributed by atoms with Gasteiger partial charge in [-0.25, -0.2) is 0 Å². The molecule has 3 heteroatoms. The Morgan fingerprint density at radius 3 is 2.68 bits per heavy atom. The summed E-state index contributed by atoms with van der Waals surface area (Å²) >= 11 is 0. The molecule has 0 saturated carbocycles. The Morgan fingerprint density at radius 1 is 1.47 bits per heavy atom. The monoisotopic (exact) mass is 259 g/mol. The van der Waals surface area contributed by atoms with E-state index >= 15 is 0 Å². The first-order valence-electron chi connectivity index (χ1n) is 6.71. The van der Waals surface area contributed by atoms with Crippen molar-refractivity contribution in [2.24, 2.45) is 5.92 Å². The zero-order valence-corrected chi connectivity index (χ0v) is 11.3. The lowest BCUT2D eigenvalue weighted by Crippen LogP contribution is -2.39.